The zero-order chi connectivity index (χ0) is 13.0. The molecule has 0 aliphatic carbocycles. The monoisotopic (exact) mass is 265 g/mol. The van der Waals surface area contributed by atoms with Crippen LogP contribution >= 0.6 is 11.6 Å². The van der Waals surface area contributed by atoms with Gasteiger partial charge in [-0.3, -0.25) is 9.89 Å². The number of rotatable bonds is 4. The SMILES string of the molecule is CN(CC(=O)Nc1ccn[nH]1)c1ccc(Cl)cn1. The molecular formula is C11H12ClN5O. The smallest absolute Gasteiger partial charge is 0.245 e. The summed E-state index contributed by atoms with van der Waals surface area (Å²) in [6, 6.07) is 5.16. The van der Waals surface area contributed by atoms with Crippen LogP contribution in [0.25, 0.3) is 0 Å². The van der Waals surface area contributed by atoms with Gasteiger partial charge in [-0.15, -0.1) is 0 Å². The Morgan fingerprint density at radius 3 is 2.94 bits per heavy atom. The number of likely N-dealkylation sites (N-methyl/N-ethyl adjacent to an activating group) is 1. The van der Waals surface area contributed by atoms with Gasteiger partial charge in [-0.25, -0.2) is 4.98 Å². The average molecular weight is 266 g/mol. The molecule has 6 nitrogen and oxygen atoms in total. The second-order valence-corrected chi connectivity index (χ2v) is 4.15. The molecular weight excluding hydrogens is 254 g/mol. The van der Waals surface area contributed by atoms with E-state index in [1.54, 1.807) is 42.5 Å². The van der Waals surface area contributed by atoms with Gasteiger partial charge in [0.05, 0.1) is 17.8 Å². The minimum atomic E-state index is -0.154. The van der Waals surface area contributed by atoms with Crippen LogP contribution in [-0.2, 0) is 4.79 Å². The van der Waals surface area contributed by atoms with Crippen LogP contribution < -0.4 is 10.2 Å². The van der Waals surface area contributed by atoms with Crippen molar-refractivity contribution in [1.82, 2.24) is 15.2 Å². The molecule has 0 saturated heterocycles. The van der Waals surface area contributed by atoms with Crippen molar-refractivity contribution in [2.24, 2.45) is 0 Å². The van der Waals surface area contributed by atoms with E-state index in [0.717, 1.165) is 0 Å². The summed E-state index contributed by atoms with van der Waals surface area (Å²) in [7, 11) is 1.78. The Kier molecular flexibility index (Phi) is 3.78. The van der Waals surface area contributed by atoms with Crippen LogP contribution in [0.15, 0.2) is 30.6 Å². The molecule has 0 bridgehead atoms. The molecule has 0 aliphatic heterocycles. The Labute approximate surface area is 109 Å². The number of anilines is 2. The Hall–Kier alpha value is -2.08. The number of carbonyl (C=O) groups is 1. The molecule has 0 fully saturated rings. The van der Waals surface area contributed by atoms with Gasteiger partial charge in [-0.2, -0.15) is 5.10 Å². The quantitative estimate of drug-likeness (QED) is 0.879. The first kappa shape index (κ1) is 12.4. The van der Waals surface area contributed by atoms with Gasteiger partial charge in [0.15, 0.2) is 0 Å². The van der Waals surface area contributed by atoms with Gasteiger partial charge in [-0.05, 0) is 12.1 Å². The number of H-pyrrole nitrogens is 1. The highest BCUT2D eigenvalue weighted by atomic mass is 35.5. The molecule has 2 rings (SSSR count). The van der Waals surface area contributed by atoms with Crippen LogP contribution in [0, 0.1) is 0 Å². The zero-order valence-electron chi connectivity index (χ0n) is 9.72. The van der Waals surface area contributed by atoms with Crippen molar-refractivity contribution in [3.05, 3.63) is 35.6 Å². The first-order valence-corrected chi connectivity index (χ1v) is 5.65. The van der Waals surface area contributed by atoms with Gasteiger partial charge in [0.2, 0.25) is 5.91 Å². The van der Waals surface area contributed by atoms with Crippen molar-refractivity contribution in [1.29, 1.82) is 0 Å². The maximum atomic E-state index is 11.7. The molecule has 0 unspecified atom stereocenters. The van der Waals surface area contributed by atoms with E-state index in [2.05, 4.69) is 20.5 Å². The van der Waals surface area contributed by atoms with Gasteiger partial charge in [0.25, 0.3) is 0 Å². The number of nitrogens with zero attached hydrogens (tertiary/aromatic N) is 3. The van der Waals surface area contributed by atoms with Crippen molar-refractivity contribution in [3.8, 4) is 0 Å². The summed E-state index contributed by atoms with van der Waals surface area (Å²) in [6.07, 6.45) is 3.11. The number of aromatic amines is 1. The molecule has 0 aromatic carbocycles. The lowest BCUT2D eigenvalue weighted by Gasteiger charge is -2.17. The molecule has 0 radical (unpaired) electrons. The summed E-state index contributed by atoms with van der Waals surface area (Å²) in [6.45, 7) is 0.188. The largest absolute Gasteiger partial charge is 0.350 e. The third kappa shape index (κ3) is 3.21. The Bertz CT molecular complexity index is 511. The fourth-order valence-electron chi connectivity index (χ4n) is 1.41. The van der Waals surface area contributed by atoms with Gasteiger partial charge in [0, 0.05) is 19.3 Å². The van der Waals surface area contributed by atoms with E-state index in [9.17, 15) is 4.79 Å². The first-order valence-electron chi connectivity index (χ1n) is 5.27. The van der Waals surface area contributed by atoms with E-state index in [1.165, 1.54) is 0 Å². The maximum absolute atomic E-state index is 11.7. The molecule has 0 spiro atoms. The molecule has 2 heterocycles. The summed E-state index contributed by atoms with van der Waals surface area (Å²) in [5.41, 5.74) is 0. The number of carbonyl (C=O) groups excluding carboxylic acids is 1. The fraction of sp³-hybridized carbons (Fsp3) is 0.182. The lowest BCUT2D eigenvalue weighted by Crippen LogP contribution is -2.30. The van der Waals surface area contributed by atoms with Crippen molar-refractivity contribution < 1.29 is 4.79 Å². The summed E-state index contributed by atoms with van der Waals surface area (Å²) in [5.74, 6) is 1.09. The third-order valence-corrected chi connectivity index (χ3v) is 2.48. The van der Waals surface area contributed by atoms with Gasteiger partial charge >= 0.3 is 0 Å². The predicted octanol–water partition coefficient (Wildman–Crippen LogP) is 1.53. The molecule has 18 heavy (non-hydrogen) atoms. The van der Waals surface area contributed by atoms with Crippen LogP contribution in [0.4, 0.5) is 11.6 Å². The fourth-order valence-corrected chi connectivity index (χ4v) is 1.52. The highest BCUT2D eigenvalue weighted by Gasteiger charge is 2.09. The van der Waals surface area contributed by atoms with Crippen LogP contribution in [-0.4, -0.2) is 34.7 Å². The Morgan fingerprint density at radius 2 is 2.33 bits per heavy atom. The number of hydrogen-bond donors (Lipinski definition) is 2. The van der Waals surface area contributed by atoms with Crippen LogP contribution in [0.5, 0.6) is 0 Å². The molecule has 94 valence electrons. The summed E-state index contributed by atoms with van der Waals surface area (Å²) in [5, 5.41) is 9.64. The molecule has 7 heteroatoms. The zero-order valence-corrected chi connectivity index (χ0v) is 10.5. The second kappa shape index (κ2) is 5.50. The predicted molar refractivity (Wildman–Crippen MR) is 69.7 cm³/mol. The molecule has 2 N–H and O–H groups in total. The van der Waals surface area contributed by atoms with E-state index in [-0.39, 0.29) is 12.5 Å². The van der Waals surface area contributed by atoms with Crippen LogP contribution in [0.1, 0.15) is 0 Å². The summed E-state index contributed by atoms with van der Waals surface area (Å²) >= 11 is 5.75. The van der Waals surface area contributed by atoms with Gasteiger partial charge < -0.3 is 10.2 Å². The topological polar surface area (TPSA) is 73.9 Å². The van der Waals surface area contributed by atoms with Gasteiger partial charge in [-0.1, -0.05) is 11.6 Å². The number of amides is 1. The number of aromatic nitrogens is 3. The third-order valence-electron chi connectivity index (χ3n) is 2.26. The molecule has 2 aromatic heterocycles. The minimum absolute atomic E-state index is 0.154. The van der Waals surface area contributed by atoms with Crippen molar-refractivity contribution >= 4 is 29.1 Å². The van der Waals surface area contributed by atoms with E-state index in [1.807, 2.05) is 0 Å². The summed E-state index contributed by atoms with van der Waals surface area (Å²) < 4.78 is 0. The number of nitrogens with one attached hydrogen (secondary N) is 2. The summed E-state index contributed by atoms with van der Waals surface area (Å²) in [4.78, 5) is 17.6. The second-order valence-electron chi connectivity index (χ2n) is 3.71. The molecule has 0 saturated carbocycles. The van der Waals surface area contributed by atoms with Crippen molar-refractivity contribution in [2.75, 3.05) is 23.8 Å². The van der Waals surface area contributed by atoms with E-state index in [4.69, 9.17) is 11.6 Å². The first-order chi connectivity index (χ1) is 8.65. The van der Waals surface area contributed by atoms with Crippen LogP contribution in [0.2, 0.25) is 5.02 Å². The number of hydrogen-bond acceptors (Lipinski definition) is 4. The lowest BCUT2D eigenvalue weighted by atomic mass is 10.4. The highest BCUT2D eigenvalue weighted by Crippen LogP contribution is 2.12. The Balaban J connectivity index is 1.92. The van der Waals surface area contributed by atoms with Gasteiger partial charge in [0.1, 0.15) is 11.6 Å². The van der Waals surface area contributed by atoms with Crippen molar-refractivity contribution in [2.45, 2.75) is 0 Å². The average Bonchev–Trinajstić information content (AvgIpc) is 2.82. The van der Waals surface area contributed by atoms with E-state index >= 15 is 0 Å². The van der Waals surface area contributed by atoms with E-state index in [0.29, 0.717) is 16.7 Å². The molecule has 2 aromatic rings. The number of pyridine rings is 1. The molecule has 1 amide bonds. The maximum Gasteiger partial charge on any atom is 0.245 e. The normalized spacial score (nSPS) is 10.1. The molecule has 0 aliphatic rings. The molecule has 0 atom stereocenters. The lowest BCUT2D eigenvalue weighted by molar-refractivity contribution is -0.114. The standard InChI is InChI=1S/C11H12ClN5O/c1-17(10-3-2-8(12)6-13-10)7-11(18)15-9-4-5-14-16-9/h2-6H,7H2,1H3,(H2,14,15,16,18). The number of halogens is 1. The Morgan fingerprint density at radius 1 is 1.50 bits per heavy atom. The van der Waals surface area contributed by atoms with Crippen LogP contribution in [0.3, 0.4) is 0 Å². The van der Waals surface area contributed by atoms with E-state index < -0.39 is 0 Å². The highest BCUT2D eigenvalue weighted by molar-refractivity contribution is 6.30. The minimum Gasteiger partial charge on any atom is -0.350 e. The van der Waals surface area contributed by atoms with Crippen molar-refractivity contribution in [3.63, 3.8) is 0 Å².